The molecule has 2 heterocycles. The number of nitrogens with zero attached hydrogens (tertiary/aromatic N) is 2. The first kappa shape index (κ1) is 11.2. The molecule has 6 heteroatoms. The smallest absolute Gasteiger partial charge is 0.323 e. The SMILES string of the molecule is O=C(Nc1ccccc1)Nc1cnc2nc[nH]c2c1. The van der Waals surface area contributed by atoms with Crippen molar-refractivity contribution in [2.75, 3.05) is 10.6 Å². The van der Waals surface area contributed by atoms with Crippen LogP contribution >= 0.6 is 0 Å². The van der Waals surface area contributed by atoms with Gasteiger partial charge >= 0.3 is 6.03 Å². The van der Waals surface area contributed by atoms with E-state index < -0.39 is 0 Å². The predicted octanol–water partition coefficient (Wildman–Crippen LogP) is 2.60. The van der Waals surface area contributed by atoms with Gasteiger partial charge in [0.2, 0.25) is 0 Å². The minimum Gasteiger partial charge on any atom is -0.343 e. The van der Waals surface area contributed by atoms with Crippen LogP contribution in [-0.4, -0.2) is 21.0 Å². The topological polar surface area (TPSA) is 82.7 Å². The zero-order chi connectivity index (χ0) is 13.1. The minimum atomic E-state index is -0.313. The van der Waals surface area contributed by atoms with E-state index in [1.165, 1.54) is 0 Å². The Morgan fingerprint density at radius 3 is 2.68 bits per heavy atom. The van der Waals surface area contributed by atoms with Crippen molar-refractivity contribution in [3.63, 3.8) is 0 Å². The molecule has 0 bridgehead atoms. The zero-order valence-electron chi connectivity index (χ0n) is 9.92. The molecule has 0 radical (unpaired) electrons. The number of amides is 2. The minimum absolute atomic E-state index is 0.313. The molecule has 0 saturated carbocycles. The fourth-order valence-corrected chi connectivity index (χ4v) is 1.71. The van der Waals surface area contributed by atoms with Crippen molar-refractivity contribution in [1.82, 2.24) is 15.0 Å². The fourth-order valence-electron chi connectivity index (χ4n) is 1.71. The molecular formula is C13H11N5O. The van der Waals surface area contributed by atoms with Gasteiger partial charge in [-0.15, -0.1) is 0 Å². The highest BCUT2D eigenvalue weighted by Gasteiger charge is 2.04. The van der Waals surface area contributed by atoms with Crippen LogP contribution in [0.4, 0.5) is 16.2 Å². The van der Waals surface area contributed by atoms with Gasteiger partial charge in [-0.3, -0.25) is 0 Å². The number of imidazole rings is 1. The van der Waals surface area contributed by atoms with E-state index in [2.05, 4.69) is 25.6 Å². The molecule has 2 amide bonds. The summed E-state index contributed by atoms with van der Waals surface area (Å²) in [4.78, 5) is 22.8. The summed E-state index contributed by atoms with van der Waals surface area (Å²) in [6.07, 6.45) is 3.12. The van der Waals surface area contributed by atoms with Crippen molar-refractivity contribution in [2.24, 2.45) is 0 Å². The van der Waals surface area contributed by atoms with Gasteiger partial charge in [0.15, 0.2) is 5.65 Å². The maximum Gasteiger partial charge on any atom is 0.323 e. The number of H-pyrrole nitrogens is 1. The van der Waals surface area contributed by atoms with Crippen molar-refractivity contribution in [3.8, 4) is 0 Å². The van der Waals surface area contributed by atoms with E-state index in [4.69, 9.17) is 0 Å². The third kappa shape index (κ3) is 2.52. The average molecular weight is 253 g/mol. The van der Waals surface area contributed by atoms with Crippen LogP contribution < -0.4 is 10.6 Å². The van der Waals surface area contributed by atoms with Crippen LogP contribution in [0.2, 0.25) is 0 Å². The van der Waals surface area contributed by atoms with Crippen molar-refractivity contribution in [1.29, 1.82) is 0 Å². The Balaban J connectivity index is 1.72. The Morgan fingerprint density at radius 2 is 1.84 bits per heavy atom. The number of carbonyl (C=O) groups excluding carboxylic acids is 1. The highest BCUT2D eigenvalue weighted by Crippen LogP contribution is 2.13. The van der Waals surface area contributed by atoms with Gasteiger partial charge in [0, 0.05) is 5.69 Å². The molecule has 3 rings (SSSR count). The molecule has 0 aliphatic heterocycles. The van der Waals surface area contributed by atoms with E-state index in [0.717, 1.165) is 11.2 Å². The number of aromatic amines is 1. The number of nitrogens with one attached hydrogen (secondary N) is 3. The van der Waals surface area contributed by atoms with Crippen molar-refractivity contribution >= 4 is 28.6 Å². The number of urea groups is 1. The van der Waals surface area contributed by atoms with Gasteiger partial charge in [0.25, 0.3) is 0 Å². The second kappa shape index (κ2) is 4.77. The number of aromatic nitrogens is 3. The molecule has 0 aliphatic rings. The number of para-hydroxylation sites is 1. The van der Waals surface area contributed by atoms with E-state index in [1.807, 2.05) is 30.3 Å². The Labute approximate surface area is 108 Å². The van der Waals surface area contributed by atoms with Gasteiger partial charge in [0.1, 0.15) is 0 Å². The van der Waals surface area contributed by atoms with Crippen molar-refractivity contribution < 1.29 is 4.79 Å². The number of carbonyl (C=O) groups is 1. The first-order chi connectivity index (χ1) is 9.31. The van der Waals surface area contributed by atoms with E-state index in [0.29, 0.717) is 11.3 Å². The van der Waals surface area contributed by atoms with E-state index >= 15 is 0 Å². The summed E-state index contributed by atoms with van der Waals surface area (Å²) in [5.41, 5.74) is 2.73. The average Bonchev–Trinajstić information content (AvgIpc) is 2.87. The predicted molar refractivity (Wildman–Crippen MR) is 73.0 cm³/mol. The van der Waals surface area contributed by atoms with Crippen LogP contribution in [0.3, 0.4) is 0 Å². The van der Waals surface area contributed by atoms with E-state index in [9.17, 15) is 4.79 Å². The van der Waals surface area contributed by atoms with Crippen molar-refractivity contribution in [2.45, 2.75) is 0 Å². The highest BCUT2D eigenvalue weighted by atomic mass is 16.2. The second-order valence-corrected chi connectivity index (χ2v) is 3.94. The van der Waals surface area contributed by atoms with Crippen LogP contribution in [-0.2, 0) is 0 Å². The van der Waals surface area contributed by atoms with Crippen LogP contribution in [0.15, 0.2) is 48.9 Å². The molecule has 94 valence electrons. The third-order valence-corrected chi connectivity index (χ3v) is 2.56. The van der Waals surface area contributed by atoms with Crippen molar-refractivity contribution in [3.05, 3.63) is 48.9 Å². The summed E-state index contributed by atoms with van der Waals surface area (Å²) in [5, 5.41) is 5.44. The Morgan fingerprint density at radius 1 is 1.05 bits per heavy atom. The lowest BCUT2D eigenvalue weighted by molar-refractivity contribution is 0.262. The second-order valence-electron chi connectivity index (χ2n) is 3.94. The summed E-state index contributed by atoms with van der Waals surface area (Å²) < 4.78 is 0. The molecule has 2 aromatic heterocycles. The van der Waals surface area contributed by atoms with Gasteiger partial charge in [-0.05, 0) is 18.2 Å². The zero-order valence-corrected chi connectivity index (χ0v) is 9.92. The number of benzene rings is 1. The molecule has 19 heavy (non-hydrogen) atoms. The third-order valence-electron chi connectivity index (χ3n) is 2.56. The molecule has 3 N–H and O–H groups in total. The summed E-state index contributed by atoms with van der Waals surface area (Å²) in [6, 6.07) is 10.7. The first-order valence-corrected chi connectivity index (χ1v) is 5.73. The Hall–Kier alpha value is -2.89. The summed E-state index contributed by atoms with van der Waals surface area (Å²) in [5.74, 6) is 0. The molecule has 3 aromatic rings. The van der Waals surface area contributed by atoms with E-state index in [-0.39, 0.29) is 6.03 Å². The number of hydrogen-bond donors (Lipinski definition) is 3. The molecular weight excluding hydrogens is 242 g/mol. The Bertz CT molecular complexity index is 707. The van der Waals surface area contributed by atoms with Gasteiger partial charge in [0.05, 0.1) is 23.7 Å². The van der Waals surface area contributed by atoms with Gasteiger partial charge < -0.3 is 15.6 Å². The number of hydrogen-bond acceptors (Lipinski definition) is 3. The number of rotatable bonds is 2. The summed E-state index contributed by atoms with van der Waals surface area (Å²) >= 11 is 0. The molecule has 0 unspecified atom stereocenters. The highest BCUT2D eigenvalue weighted by molar-refractivity contribution is 6.00. The van der Waals surface area contributed by atoms with Crippen LogP contribution in [0, 0.1) is 0 Å². The maximum absolute atomic E-state index is 11.8. The summed E-state index contributed by atoms with van der Waals surface area (Å²) in [6.45, 7) is 0. The summed E-state index contributed by atoms with van der Waals surface area (Å²) in [7, 11) is 0. The lowest BCUT2D eigenvalue weighted by atomic mass is 10.3. The number of anilines is 2. The Kier molecular flexibility index (Phi) is 2.82. The largest absolute Gasteiger partial charge is 0.343 e. The molecule has 1 aromatic carbocycles. The van der Waals surface area contributed by atoms with Gasteiger partial charge in [-0.1, -0.05) is 18.2 Å². The van der Waals surface area contributed by atoms with Crippen LogP contribution in [0.1, 0.15) is 0 Å². The molecule has 0 saturated heterocycles. The molecule has 0 fully saturated rings. The standard InChI is InChI=1S/C13H11N5O/c19-13(17-9-4-2-1-3-5-9)18-10-6-11-12(14-7-10)16-8-15-11/h1-8H,(H,14,15,16)(H2,17,18,19). The van der Waals surface area contributed by atoms with Gasteiger partial charge in [-0.2, -0.15) is 0 Å². The van der Waals surface area contributed by atoms with E-state index in [1.54, 1.807) is 18.6 Å². The fraction of sp³-hybridized carbons (Fsp3) is 0. The molecule has 0 aliphatic carbocycles. The van der Waals surface area contributed by atoms with Crippen LogP contribution in [0.25, 0.3) is 11.2 Å². The quantitative estimate of drug-likeness (QED) is 0.656. The maximum atomic E-state index is 11.8. The molecule has 0 spiro atoms. The van der Waals surface area contributed by atoms with Gasteiger partial charge in [-0.25, -0.2) is 14.8 Å². The molecule has 0 atom stereocenters. The first-order valence-electron chi connectivity index (χ1n) is 5.73. The monoisotopic (exact) mass is 253 g/mol. The number of fused-ring (bicyclic) bond motifs is 1. The molecule has 6 nitrogen and oxygen atoms in total. The normalized spacial score (nSPS) is 10.3. The lowest BCUT2D eigenvalue weighted by Gasteiger charge is -2.06. The number of pyridine rings is 1. The lowest BCUT2D eigenvalue weighted by Crippen LogP contribution is -2.19. The van der Waals surface area contributed by atoms with Crippen LogP contribution in [0.5, 0.6) is 0 Å².